The van der Waals surface area contributed by atoms with Crippen molar-refractivity contribution in [3.8, 4) is 0 Å². The van der Waals surface area contributed by atoms with E-state index in [2.05, 4.69) is 20.6 Å². The first kappa shape index (κ1) is 13.6. The fraction of sp³-hybridized carbons (Fsp3) is 0.636. The maximum absolute atomic E-state index is 13.3. The molecule has 0 fully saturated rings. The molecular weight excluding hydrogens is 223 g/mol. The molecule has 0 aliphatic heterocycles. The van der Waals surface area contributed by atoms with Gasteiger partial charge in [-0.25, -0.2) is 9.37 Å². The summed E-state index contributed by atoms with van der Waals surface area (Å²) in [4.78, 5) is 7.90. The van der Waals surface area contributed by atoms with E-state index in [0.717, 1.165) is 19.2 Å². The molecule has 1 heterocycles. The van der Waals surface area contributed by atoms with Gasteiger partial charge in [-0.1, -0.05) is 6.92 Å². The van der Waals surface area contributed by atoms with Crippen molar-refractivity contribution < 1.29 is 9.13 Å². The first-order valence-electron chi connectivity index (χ1n) is 5.86. The Morgan fingerprint density at radius 3 is 2.82 bits per heavy atom. The van der Waals surface area contributed by atoms with Gasteiger partial charge < -0.3 is 15.4 Å². The second-order valence-corrected chi connectivity index (χ2v) is 3.44. The van der Waals surface area contributed by atoms with E-state index in [0.29, 0.717) is 25.7 Å². The molecule has 0 aliphatic rings. The van der Waals surface area contributed by atoms with Crippen molar-refractivity contribution in [2.75, 3.05) is 36.9 Å². The molecule has 0 aromatic carbocycles. The van der Waals surface area contributed by atoms with E-state index in [1.54, 1.807) is 0 Å². The molecule has 2 N–H and O–H groups in total. The van der Waals surface area contributed by atoms with Crippen molar-refractivity contribution in [3.63, 3.8) is 0 Å². The summed E-state index contributed by atoms with van der Waals surface area (Å²) in [6.07, 6.45) is 2.13. The van der Waals surface area contributed by atoms with Crippen LogP contribution in [0.5, 0.6) is 0 Å². The van der Waals surface area contributed by atoms with E-state index >= 15 is 0 Å². The lowest BCUT2D eigenvalue weighted by molar-refractivity contribution is 0.158. The topological polar surface area (TPSA) is 59.1 Å². The Morgan fingerprint density at radius 1 is 1.29 bits per heavy atom. The van der Waals surface area contributed by atoms with Gasteiger partial charge in [0, 0.05) is 19.7 Å². The molecule has 0 aliphatic carbocycles. The summed E-state index contributed by atoms with van der Waals surface area (Å²) in [5.41, 5.74) is 0. The molecular formula is C11H19FN4O. The van der Waals surface area contributed by atoms with Gasteiger partial charge in [0.2, 0.25) is 5.95 Å². The van der Waals surface area contributed by atoms with E-state index in [9.17, 15) is 4.39 Å². The highest BCUT2D eigenvalue weighted by atomic mass is 19.1. The van der Waals surface area contributed by atoms with Gasteiger partial charge in [-0.2, -0.15) is 4.98 Å². The van der Waals surface area contributed by atoms with Crippen LogP contribution >= 0.6 is 0 Å². The summed E-state index contributed by atoms with van der Waals surface area (Å²) >= 11 is 0. The summed E-state index contributed by atoms with van der Waals surface area (Å²) < 4.78 is 18.5. The molecule has 0 unspecified atom stereocenters. The number of ether oxygens (including phenoxy) is 1. The molecule has 0 spiro atoms. The van der Waals surface area contributed by atoms with Gasteiger partial charge in [0.25, 0.3) is 0 Å². The number of rotatable bonds is 8. The van der Waals surface area contributed by atoms with Crippen LogP contribution in [-0.4, -0.2) is 36.3 Å². The summed E-state index contributed by atoms with van der Waals surface area (Å²) in [6, 6.07) is 0. The van der Waals surface area contributed by atoms with Gasteiger partial charge in [0.1, 0.15) is 0 Å². The average Bonchev–Trinajstić information content (AvgIpc) is 2.35. The molecule has 1 aromatic heterocycles. The minimum atomic E-state index is -0.455. The SMILES string of the molecule is CCCNc1ncc(F)c(NCCOCC)n1. The maximum Gasteiger partial charge on any atom is 0.224 e. The number of hydrogen-bond acceptors (Lipinski definition) is 5. The smallest absolute Gasteiger partial charge is 0.224 e. The van der Waals surface area contributed by atoms with Gasteiger partial charge in [-0.3, -0.25) is 0 Å². The summed E-state index contributed by atoms with van der Waals surface area (Å²) in [7, 11) is 0. The average molecular weight is 242 g/mol. The minimum Gasteiger partial charge on any atom is -0.380 e. The Kier molecular flexibility index (Phi) is 6.24. The van der Waals surface area contributed by atoms with E-state index in [-0.39, 0.29) is 5.82 Å². The van der Waals surface area contributed by atoms with Gasteiger partial charge in [-0.15, -0.1) is 0 Å². The second-order valence-electron chi connectivity index (χ2n) is 3.44. The van der Waals surface area contributed by atoms with Crippen molar-refractivity contribution in [2.45, 2.75) is 20.3 Å². The summed E-state index contributed by atoms with van der Waals surface area (Å²) in [5.74, 6) is 0.189. The standard InChI is InChI=1S/C11H19FN4O/c1-3-5-14-11-15-8-9(12)10(16-11)13-6-7-17-4-2/h8H,3-7H2,1-2H3,(H2,13,14,15,16). The van der Waals surface area contributed by atoms with Gasteiger partial charge >= 0.3 is 0 Å². The highest BCUT2D eigenvalue weighted by Crippen LogP contribution is 2.11. The molecule has 1 rings (SSSR count). The monoisotopic (exact) mass is 242 g/mol. The van der Waals surface area contributed by atoms with Crippen LogP contribution < -0.4 is 10.6 Å². The molecule has 0 bridgehead atoms. The van der Waals surface area contributed by atoms with Crippen LogP contribution in [0.4, 0.5) is 16.2 Å². The second kappa shape index (κ2) is 7.78. The Hall–Kier alpha value is -1.43. The summed E-state index contributed by atoms with van der Waals surface area (Å²) in [5, 5.41) is 5.88. The van der Waals surface area contributed by atoms with Crippen molar-refractivity contribution in [1.82, 2.24) is 9.97 Å². The normalized spacial score (nSPS) is 10.3. The molecule has 6 heteroatoms. The van der Waals surface area contributed by atoms with Crippen LogP contribution in [0.1, 0.15) is 20.3 Å². The lowest BCUT2D eigenvalue weighted by Crippen LogP contribution is -2.13. The Morgan fingerprint density at radius 2 is 2.12 bits per heavy atom. The van der Waals surface area contributed by atoms with Crippen LogP contribution in [-0.2, 0) is 4.74 Å². The predicted molar refractivity (Wildman–Crippen MR) is 65.8 cm³/mol. The zero-order valence-corrected chi connectivity index (χ0v) is 10.3. The van der Waals surface area contributed by atoms with E-state index in [1.807, 2.05) is 13.8 Å². The molecule has 0 amide bonds. The molecule has 0 saturated heterocycles. The number of halogens is 1. The van der Waals surface area contributed by atoms with Crippen LogP contribution in [0, 0.1) is 5.82 Å². The highest BCUT2D eigenvalue weighted by Gasteiger charge is 2.05. The van der Waals surface area contributed by atoms with Gasteiger partial charge in [0.15, 0.2) is 11.6 Å². The molecule has 1 aromatic rings. The minimum absolute atomic E-state index is 0.207. The van der Waals surface area contributed by atoms with Crippen molar-refractivity contribution in [1.29, 1.82) is 0 Å². The number of anilines is 2. The van der Waals surface area contributed by atoms with Crippen LogP contribution in [0.25, 0.3) is 0 Å². The predicted octanol–water partition coefficient (Wildman–Crippen LogP) is 1.89. The fourth-order valence-corrected chi connectivity index (χ4v) is 1.20. The van der Waals surface area contributed by atoms with Gasteiger partial charge in [-0.05, 0) is 13.3 Å². The van der Waals surface area contributed by atoms with Crippen LogP contribution in [0.2, 0.25) is 0 Å². The maximum atomic E-state index is 13.3. The molecule has 0 radical (unpaired) electrons. The summed E-state index contributed by atoms with van der Waals surface area (Å²) in [6.45, 7) is 6.42. The van der Waals surface area contributed by atoms with Crippen molar-refractivity contribution >= 4 is 11.8 Å². The van der Waals surface area contributed by atoms with E-state index in [1.165, 1.54) is 0 Å². The third-order valence-corrected chi connectivity index (χ3v) is 2.02. The first-order valence-corrected chi connectivity index (χ1v) is 5.86. The number of hydrogen-bond donors (Lipinski definition) is 2. The number of nitrogens with one attached hydrogen (secondary N) is 2. The molecule has 0 atom stereocenters. The Balaban J connectivity index is 2.50. The molecule has 96 valence electrons. The number of aromatic nitrogens is 2. The highest BCUT2D eigenvalue weighted by molar-refractivity contribution is 5.40. The fourth-order valence-electron chi connectivity index (χ4n) is 1.20. The molecule has 5 nitrogen and oxygen atoms in total. The van der Waals surface area contributed by atoms with Crippen molar-refractivity contribution in [2.24, 2.45) is 0 Å². The first-order chi connectivity index (χ1) is 8.27. The lowest BCUT2D eigenvalue weighted by Gasteiger charge is -2.08. The Bertz CT molecular complexity index is 335. The molecule has 0 saturated carbocycles. The van der Waals surface area contributed by atoms with Crippen molar-refractivity contribution in [3.05, 3.63) is 12.0 Å². The third-order valence-electron chi connectivity index (χ3n) is 2.02. The zero-order valence-electron chi connectivity index (χ0n) is 10.3. The van der Waals surface area contributed by atoms with E-state index < -0.39 is 5.82 Å². The molecule has 17 heavy (non-hydrogen) atoms. The van der Waals surface area contributed by atoms with Gasteiger partial charge in [0.05, 0.1) is 12.8 Å². The quantitative estimate of drug-likeness (QED) is 0.682. The van der Waals surface area contributed by atoms with Crippen LogP contribution in [0.15, 0.2) is 6.20 Å². The van der Waals surface area contributed by atoms with E-state index in [4.69, 9.17) is 4.74 Å². The number of nitrogens with zero attached hydrogens (tertiary/aromatic N) is 2. The lowest BCUT2D eigenvalue weighted by atomic mass is 10.5. The largest absolute Gasteiger partial charge is 0.380 e. The Labute approximate surface area is 101 Å². The van der Waals surface area contributed by atoms with Crippen LogP contribution in [0.3, 0.4) is 0 Å². The third kappa shape index (κ3) is 4.95. The zero-order chi connectivity index (χ0) is 12.5.